The quantitative estimate of drug-likeness (QED) is 0.708. The number of rotatable bonds is 8. The molecule has 152 valence electrons. The molecule has 0 bridgehead atoms. The summed E-state index contributed by atoms with van der Waals surface area (Å²) in [5.41, 5.74) is 2.29. The number of nitrogens with zero attached hydrogens (tertiary/aromatic N) is 2. The molecule has 0 saturated heterocycles. The van der Waals surface area contributed by atoms with Gasteiger partial charge in [0.1, 0.15) is 0 Å². The number of carbonyl (C=O) groups excluding carboxylic acids is 1. The van der Waals surface area contributed by atoms with Gasteiger partial charge in [0.05, 0.1) is 4.90 Å². The Morgan fingerprint density at radius 1 is 1.04 bits per heavy atom. The van der Waals surface area contributed by atoms with Crippen LogP contribution in [0.1, 0.15) is 11.1 Å². The number of hydrogen-bond donors (Lipinski definition) is 2. The third-order valence-electron chi connectivity index (χ3n) is 4.35. The molecule has 0 aliphatic rings. The average Bonchev–Trinajstić information content (AvgIpc) is 2.67. The Bertz CT molecular complexity index is 899. The number of anilines is 1. The predicted octanol–water partition coefficient (Wildman–Crippen LogP) is 2.50. The van der Waals surface area contributed by atoms with Crippen LogP contribution in [0.3, 0.4) is 0 Å². The first-order chi connectivity index (χ1) is 13.2. The monoisotopic (exact) mass is 404 g/mol. The highest BCUT2D eigenvalue weighted by atomic mass is 32.2. The first kappa shape index (κ1) is 21.9. The Hall–Kier alpha value is -2.42. The molecular weight excluding hydrogens is 376 g/mol. The molecule has 0 aliphatic heterocycles. The molecule has 0 radical (unpaired) electrons. The summed E-state index contributed by atoms with van der Waals surface area (Å²) in [7, 11) is 1.68. The standard InChI is InChI=1S/C20H28N4O3S/c1-16-10-11-18(28(26,27)21-2)14-19(16)22-20(25)24(13-12-23(3)4)15-17-8-6-5-7-9-17/h5-11,14,21H,12-13,15H2,1-4H3,(H,22,25). The smallest absolute Gasteiger partial charge is 0.319 e. The Labute approximate surface area is 167 Å². The minimum absolute atomic E-state index is 0.110. The summed E-state index contributed by atoms with van der Waals surface area (Å²) in [4.78, 5) is 16.8. The summed E-state index contributed by atoms with van der Waals surface area (Å²) in [6.07, 6.45) is 0. The lowest BCUT2D eigenvalue weighted by molar-refractivity contribution is 0.202. The zero-order valence-corrected chi connectivity index (χ0v) is 17.6. The van der Waals surface area contributed by atoms with Crippen molar-refractivity contribution >= 4 is 21.7 Å². The van der Waals surface area contributed by atoms with Gasteiger partial charge in [0.15, 0.2) is 0 Å². The van der Waals surface area contributed by atoms with Crippen LogP contribution in [0.15, 0.2) is 53.4 Å². The van der Waals surface area contributed by atoms with Crippen molar-refractivity contribution in [1.82, 2.24) is 14.5 Å². The van der Waals surface area contributed by atoms with Gasteiger partial charge in [-0.05, 0) is 51.3 Å². The van der Waals surface area contributed by atoms with Crippen LogP contribution >= 0.6 is 0 Å². The van der Waals surface area contributed by atoms with Crippen molar-refractivity contribution in [3.8, 4) is 0 Å². The molecule has 8 heteroatoms. The second-order valence-corrected chi connectivity index (χ2v) is 8.71. The van der Waals surface area contributed by atoms with E-state index in [9.17, 15) is 13.2 Å². The summed E-state index contributed by atoms with van der Waals surface area (Å²) >= 11 is 0. The normalized spacial score (nSPS) is 11.5. The molecule has 0 aromatic heterocycles. The Morgan fingerprint density at radius 2 is 1.71 bits per heavy atom. The largest absolute Gasteiger partial charge is 0.322 e. The van der Waals surface area contributed by atoms with Gasteiger partial charge in [0, 0.05) is 25.3 Å². The molecule has 7 nitrogen and oxygen atoms in total. The average molecular weight is 405 g/mol. The fourth-order valence-corrected chi connectivity index (χ4v) is 3.35. The summed E-state index contributed by atoms with van der Waals surface area (Å²) in [5, 5.41) is 2.87. The van der Waals surface area contributed by atoms with Gasteiger partial charge in [-0.3, -0.25) is 0 Å². The molecule has 0 unspecified atom stereocenters. The van der Waals surface area contributed by atoms with Crippen molar-refractivity contribution in [3.05, 3.63) is 59.7 Å². The maximum absolute atomic E-state index is 12.9. The number of carbonyl (C=O) groups is 1. The number of likely N-dealkylation sites (N-methyl/N-ethyl adjacent to an activating group) is 1. The second-order valence-electron chi connectivity index (χ2n) is 6.82. The fraction of sp³-hybridized carbons (Fsp3) is 0.350. The van der Waals surface area contributed by atoms with E-state index in [0.717, 1.165) is 11.1 Å². The lowest BCUT2D eigenvalue weighted by Gasteiger charge is -2.25. The van der Waals surface area contributed by atoms with Gasteiger partial charge in [-0.15, -0.1) is 0 Å². The Balaban J connectivity index is 2.23. The van der Waals surface area contributed by atoms with Crippen LogP contribution in [0.25, 0.3) is 0 Å². The van der Waals surface area contributed by atoms with E-state index >= 15 is 0 Å². The summed E-state index contributed by atoms with van der Waals surface area (Å²) in [6.45, 7) is 3.55. The lowest BCUT2D eigenvalue weighted by Crippen LogP contribution is -2.39. The van der Waals surface area contributed by atoms with Gasteiger partial charge in [-0.2, -0.15) is 0 Å². The maximum Gasteiger partial charge on any atom is 0.322 e. The molecule has 0 atom stereocenters. The van der Waals surface area contributed by atoms with Crippen LogP contribution < -0.4 is 10.0 Å². The zero-order chi connectivity index (χ0) is 20.7. The lowest BCUT2D eigenvalue weighted by atomic mass is 10.2. The molecule has 0 fully saturated rings. The van der Waals surface area contributed by atoms with E-state index in [1.54, 1.807) is 11.0 Å². The molecule has 2 aromatic carbocycles. The predicted molar refractivity (Wildman–Crippen MR) is 112 cm³/mol. The van der Waals surface area contributed by atoms with Gasteiger partial charge in [-0.1, -0.05) is 36.4 Å². The molecule has 2 aromatic rings. The minimum atomic E-state index is -3.59. The van der Waals surface area contributed by atoms with E-state index in [1.165, 1.54) is 19.2 Å². The number of amides is 2. The van der Waals surface area contributed by atoms with E-state index in [-0.39, 0.29) is 10.9 Å². The van der Waals surface area contributed by atoms with E-state index in [2.05, 4.69) is 10.0 Å². The van der Waals surface area contributed by atoms with Crippen molar-refractivity contribution in [2.45, 2.75) is 18.4 Å². The zero-order valence-electron chi connectivity index (χ0n) is 16.8. The molecule has 28 heavy (non-hydrogen) atoms. The number of benzene rings is 2. The van der Waals surface area contributed by atoms with Crippen molar-refractivity contribution in [1.29, 1.82) is 0 Å². The van der Waals surface area contributed by atoms with Gasteiger partial charge < -0.3 is 15.1 Å². The van der Waals surface area contributed by atoms with Crippen LogP contribution in [0, 0.1) is 6.92 Å². The van der Waals surface area contributed by atoms with Gasteiger partial charge in [0.25, 0.3) is 0 Å². The van der Waals surface area contributed by atoms with E-state index in [0.29, 0.717) is 25.3 Å². The molecule has 0 spiro atoms. The number of urea groups is 1. The highest BCUT2D eigenvalue weighted by molar-refractivity contribution is 7.89. The maximum atomic E-state index is 12.9. The van der Waals surface area contributed by atoms with Gasteiger partial charge >= 0.3 is 6.03 Å². The van der Waals surface area contributed by atoms with Crippen molar-refractivity contribution in [3.63, 3.8) is 0 Å². The van der Waals surface area contributed by atoms with Crippen LogP contribution in [0.4, 0.5) is 10.5 Å². The minimum Gasteiger partial charge on any atom is -0.319 e. The van der Waals surface area contributed by atoms with Crippen LogP contribution in [-0.2, 0) is 16.6 Å². The van der Waals surface area contributed by atoms with Crippen LogP contribution in [-0.4, -0.2) is 58.5 Å². The van der Waals surface area contributed by atoms with Crippen LogP contribution in [0.5, 0.6) is 0 Å². The number of hydrogen-bond acceptors (Lipinski definition) is 4. The first-order valence-electron chi connectivity index (χ1n) is 9.01. The van der Waals surface area contributed by atoms with E-state index in [1.807, 2.05) is 56.3 Å². The summed E-state index contributed by atoms with van der Waals surface area (Å²) in [6, 6.07) is 14.2. The molecular formula is C20H28N4O3S. The fourth-order valence-electron chi connectivity index (χ4n) is 2.59. The first-order valence-corrected chi connectivity index (χ1v) is 10.5. The van der Waals surface area contributed by atoms with Crippen molar-refractivity contribution in [2.24, 2.45) is 0 Å². The molecule has 0 saturated carbocycles. The van der Waals surface area contributed by atoms with Crippen molar-refractivity contribution in [2.75, 3.05) is 39.5 Å². The molecule has 0 aliphatic carbocycles. The third kappa shape index (κ3) is 6.05. The van der Waals surface area contributed by atoms with E-state index in [4.69, 9.17) is 0 Å². The van der Waals surface area contributed by atoms with Gasteiger partial charge in [0.2, 0.25) is 10.0 Å². The molecule has 0 heterocycles. The molecule has 2 amide bonds. The molecule has 2 rings (SSSR count). The third-order valence-corrected chi connectivity index (χ3v) is 5.76. The SMILES string of the molecule is CNS(=O)(=O)c1ccc(C)c(NC(=O)N(CCN(C)C)Cc2ccccc2)c1. The Morgan fingerprint density at radius 3 is 2.32 bits per heavy atom. The van der Waals surface area contributed by atoms with Crippen molar-refractivity contribution < 1.29 is 13.2 Å². The second kappa shape index (κ2) is 9.68. The van der Waals surface area contributed by atoms with E-state index < -0.39 is 10.0 Å². The highest BCUT2D eigenvalue weighted by Crippen LogP contribution is 2.21. The number of nitrogens with one attached hydrogen (secondary N) is 2. The van der Waals surface area contributed by atoms with Crippen LogP contribution in [0.2, 0.25) is 0 Å². The highest BCUT2D eigenvalue weighted by Gasteiger charge is 2.18. The number of aryl methyl sites for hydroxylation is 1. The topological polar surface area (TPSA) is 81.8 Å². The summed E-state index contributed by atoms with van der Waals surface area (Å²) in [5.74, 6) is 0. The Kier molecular flexibility index (Phi) is 7.56. The number of sulfonamides is 1. The summed E-state index contributed by atoms with van der Waals surface area (Å²) < 4.78 is 26.4. The van der Waals surface area contributed by atoms with Gasteiger partial charge in [-0.25, -0.2) is 17.9 Å². The molecule has 2 N–H and O–H groups in total.